The fourth-order valence-corrected chi connectivity index (χ4v) is 1.36. The molecule has 0 unspecified atom stereocenters. The Morgan fingerprint density at radius 3 is 2.74 bits per heavy atom. The summed E-state index contributed by atoms with van der Waals surface area (Å²) < 4.78 is 44.6. The number of carbonyl (C=O) groups is 1. The van der Waals surface area contributed by atoms with Gasteiger partial charge in [-0.2, -0.15) is 13.2 Å². The Bertz CT molecular complexity index is 428. The second-order valence-electron chi connectivity index (χ2n) is 3.84. The van der Waals surface area contributed by atoms with E-state index in [0.717, 1.165) is 0 Å². The molecule has 0 bridgehead atoms. The minimum Gasteiger partial charge on any atom is -0.475 e. The number of alkyl halides is 3. The van der Waals surface area contributed by atoms with Gasteiger partial charge < -0.3 is 19.6 Å². The standard InChI is InChI=1S/C11H14F3NO4/c1-7-8(4-9(19-7)10(16)17)5-15-2-3-18-6-11(12,13)14/h4,15H,2-3,5-6H2,1H3,(H,16,17). The minimum absolute atomic E-state index is 0.0812. The minimum atomic E-state index is -4.32. The molecule has 0 aliphatic carbocycles. The van der Waals surface area contributed by atoms with Gasteiger partial charge in [-0.05, 0) is 13.0 Å². The fraction of sp³-hybridized carbons (Fsp3) is 0.545. The van der Waals surface area contributed by atoms with Crippen LogP contribution in [0.4, 0.5) is 13.2 Å². The molecule has 0 aliphatic heterocycles. The molecular formula is C11H14F3NO4. The van der Waals surface area contributed by atoms with Crippen LogP contribution in [0.15, 0.2) is 10.5 Å². The Morgan fingerprint density at radius 2 is 2.21 bits per heavy atom. The van der Waals surface area contributed by atoms with Gasteiger partial charge in [0.1, 0.15) is 12.4 Å². The Kier molecular flexibility index (Phi) is 5.37. The number of nitrogens with one attached hydrogen (secondary N) is 1. The lowest BCUT2D eigenvalue weighted by atomic mass is 10.2. The van der Waals surface area contributed by atoms with Gasteiger partial charge in [0.05, 0.1) is 6.61 Å². The molecule has 0 aromatic carbocycles. The van der Waals surface area contributed by atoms with Crippen LogP contribution in [0.3, 0.4) is 0 Å². The third-order valence-corrected chi connectivity index (χ3v) is 2.24. The van der Waals surface area contributed by atoms with E-state index in [1.165, 1.54) is 6.07 Å². The largest absolute Gasteiger partial charge is 0.475 e. The van der Waals surface area contributed by atoms with Gasteiger partial charge in [0, 0.05) is 18.7 Å². The predicted molar refractivity (Wildman–Crippen MR) is 59.0 cm³/mol. The van der Waals surface area contributed by atoms with Crippen molar-refractivity contribution in [2.75, 3.05) is 19.8 Å². The van der Waals surface area contributed by atoms with Crippen LogP contribution in [0.5, 0.6) is 0 Å². The highest BCUT2D eigenvalue weighted by atomic mass is 19.4. The lowest BCUT2D eigenvalue weighted by Gasteiger charge is -2.08. The molecule has 5 nitrogen and oxygen atoms in total. The Labute approximate surface area is 107 Å². The first-order chi connectivity index (χ1) is 8.79. The van der Waals surface area contributed by atoms with Crippen molar-refractivity contribution in [3.63, 3.8) is 0 Å². The first kappa shape index (κ1) is 15.5. The first-order valence-corrected chi connectivity index (χ1v) is 5.47. The van der Waals surface area contributed by atoms with E-state index in [-0.39, 0.29) is 18.9 Å². The van der Waals surface area contributed by atoms with Gasteiger partial charge in [0.15, 0.2) is 0 Å². The maximum Gasteiger partial charge on any atom is 0.411 e. The molecular weight excluding hydrogens is 267 g/mol. The van der Waals surface area contributed by atoms with E-state index >= 15 is 0 Å². The van der Waals surface area contributed by atoms with E-state index < -0.39 is 18.8 Å². The average Bonchev–Trinajstić information content (AvgIpc) is 2.64. The number of aromatic carboxylic acids is 1. The molecule has 1 aromatic rings. The molecule has 0 spiro atoms. The fourth-order valence-electron chi connectivity index (χ4n) is 1.36. The average molecular weight is 281 g/mol. The maximum absolute atomic E-state index is 11.7. The summed E-state index contributed by atoms with van der Waals surface area (Å²) in [6.07, 6.45) is -4.32. The number of hydrogen-bond donors (Lipinski definition) is 2. The number of aryl methyl sites for hydroxylation is 1. The van der Waals surface area contributed by atoms with Crippen LogP contribution in [0.1, 0.15) is 21.9 Å². The summed E-state index contributed by atoms with van der Waals surface area (Å²) in [6, 6.07) is 1.38. The molecule has 19 heavy (non-hydrogen) atoms. The molecule has 108 valence electrons. The van der Waals surface area contributed by atoms with Gasteiger partial charge in [0.25, 0.3) is 0 Å². The number of rotatable bonds is 7. The van der Waals surface area contributed by atoms with Crippen LogP contribution in [-0.2, 0) is 11.3 Å². The third kappa shape index (κ3) is 5.75. The molecule has 0 atom stereocenters. The van der Waals surface area contributed by atoms with Gasteiger partial charge in [0.2, 0.25) is 5.76 Å². The Morgan fingerprint density at radius 1 is 1.53 bits per heavy atom. The molecule has 1 aromatic heterocycles. The topological polar surface area (TPSA) is 71.7 Å². The highest BCUT2D eigenvalue weighted by molar-refractivity contribution is 5.84. The summed E-state index contributed by atoms with van der Waals surface area (Å²) in [5.41, 5.74) is 0.647. The maximum atomic E-state index is 11.7. The van der Waals surface area contributed by atoms with Crippen molar-refractivity contribution < 1.29 is 32.2 Å². The van der Waals surface area contributed by atoms with Crippen molar-refractivity contribution in [2.24, 2.45) is 0 Å². The van der Waals surface area contributed by atoms with Crippen molar-refractivity contribution >= 4 is 5.97 Å². The number of carboxylic acids is 1. The van der Waals surface area contributed by atoms with Crippen LogP contribution in [0, 0.1) is 6.92 Å². The van der Waals surface area contributed by atoms with Crippen molar-refractivity contribution in [1.82, 2.24) is 5.32 Å². The molecule has 0 saturated heterocycles. The van der Waals surface area contributed by atoms with E-state index in [9.17, 15) is 18.0 Å². The Balaban J connectivity index is 2.24. The molecule has 0 fully saturated rings. The molecule has 2 N–H and O–H groups in total. The quantitative estimate of drug-likeness (QED) is 0.747. The zero-order valence-electron chi connectivity index (χ0n) is 10.2. The Hall–Kier alpha value is -1.54. The summed E-state index contributed by atoms with van der Waals surface area (Å²) in [7, 11) is 0. The van der Waals surface area contributed by atoms with E-state index in [1.54, 1.807) is 6.92 Å². The van der Waals surface area contributed by atoms with Crippen LogP contribution >= 0.6 is 0 Å². The zero-order chi connectivity index (χ0) is 14.5. The summed E-state index contributed by atoms with van der Waals surface area (Å²) >= 11 is 0. The highest BCUT2D eigenvalue weighted by Crippen LogP contribution is 2.15. The second-order valence-corrected chi connectivity index (χ2v) is 3.84. The van der Waals surface area contributed by atoms with Crippen LogP contribution < -0.4 is 5.32 Å². The van der Waals surface area contributed by atoms with Crippen molar-refractivity contribution in [3.8, 4) is 0 Å². The molecule has 0 saturated carbocycles. The van der Waals surface area contributed by atoms with Crippen LogP contribution in [0.25, 0.3) is 0 Å². The smallest absolute Gasteiger partial charge is 0.411 e. The second kappa shape index (κ2) is 6.58. The molecule has 0 aliphatic rings. The van der Waals surface area contributed by atoms with Crippen LogP contribution in [0.2, 0.25) is 0 Å². The number of ether oxygens (including phenoxy) is 1. The van der Waals surface area contributed by atoms with Crippen molar-refractivity contribution in [2.45, 2.75) is 19.6 Å². The zero-order valence-corrected chi connectivity index (χ0v) is 10.2. The third-order valence-electron chi connectivity index (χ3n) is 2.24. The molecule has 1 rings (SSSR count). The molecule has 8 heteroatoms. The van der Waals surface area contributed by atoms with Gasteiger partial charge in [-0.15, -0.1) is 0 Å². The lowest BCUT2D eigenvalue weighted by molar-refractivity contribution is -0.173. The lowest BCUT2D eigenvalue weighted by Crippen LogP contribution is -2.23. The highest BCUT2D eigenvalue weighted by Gasteiger charge is 2.27. The van der Waals surface area contributed by atoms with Gasteiger partial charge in [-0.1, -0.05) is 0 Å². The van der Waals surface area contributed by atoms with Crippen molar-refractivity contribution in [3.05, 3.63) is 23.2 Å². The number of furan rings is 1. The van der Waals surface area contributed by atoms with E-state index in [0.29, 0.717) is 17.9 Å². The SMILES string of the molecule is Cc1oc(C(=O)O)cc1CNCCOCC(F)(F)F. The van der Waals surface area contributed by atoms with E-state index in [2.05, 4.69) is 10.1 Å². The normalized spacial score (nSPS) is 11.8. The summed E-state index contributed by atoms with van der Waals surface area (Å²) in [4.78, 5) is 10.6. The predicted octanol–water partition coefficient (Wildman–Crippen LogP) is 1.95. The first-order valence-electron chi connectivity index (χ1n) is 5.47. The number of hydrogen-bond acceptors (Lipinski definition) is 4. The monoisotopic (exact) mass is 281 g/mol. The van der Waals surface area contributed by atoms with E-state index in [4.69, 9.17) is 9.52 Å². The summed E-state index contributed by atoms with van der Waals surface area (Å²) in [5, 5.41) is 11.5. The summed E-state index contributed by atoms with van der Waals surface area (Å²) in [6.45, 7) is 0.787. The van der Waals surface area contributed by atoms with Gasteiger partial charge in [-0.25, -0.2) is 4.79 Å². The number of halogens is 3. The van der Waals surface area contributed by atoms with Crippen molar-refractivity contribution in [1.29, 1.82) is 0 Å². The molecule has 0 amide bonds. The van der Waals surface area contributed by atoms with Gasteiger partial charge >= 0.3 is 12.1 Å². The van der Waals surface area contributed by atoms with E-state index in [1.807, 2.05) is 0 Å². The molecule has 1 heterocycles. The number of carboxylic acid groups (broad SMARTS) is 1. The summed E-state index contributed by atoms with van der Waals surface area (Å²) in [5.74, 6) is -0.869. The van der Waals surface area contributed by atoms with Crippen LogP contribution in [-0.4, -0.2) is 37.0 Å². The molecule has 0 radical (unpaired) electrons. The van der Waals surface area contributed by atoms with Gasteiger partial charge in [-0.3, -0.25) is 0 Å².